The Morgan fingerprint density at radius 2 is 1.41 bits per heavy atom. The van der Waals surface area contributed by atoms with Crippen LogP contribution < -0.4 is 16.0 Å². The van der Waals surface area contributed by atoms with Crippen molar-refractivity contribution >= 4 is 12.2 Å². The first kappa shape index (κ1) is 35.4. The van der Waals surface area contributed by atoms with E-state index in [2.05, 4.69) is 28.1 Å². The number of benzene rings is 2. The maximum absolute atomic E-state index is 12.9. The maximum Gasteiger partial charge on any atom is 0.407 e. The molecule has 0 bridgehead atoms. The molecule has 44 heavy (non-hydrogen) atoms. The van der Waals surface area contributed by atoms with Gasteiger partial charge >= 0.3 is 12.2 Å². The summed E-state index contributed by atoms with van der Waals surface area (Å²) in [6.45, 7) is 8.56. The lowest BCUT2D eigenvalue weighted by Gasteiger charge is -2.33. The van der Waals surface area contributed by atoms with Gasteiger partial charge in [0.1, 0.15) is 12.2 Å². The number of hydrogen-bond acceptors (Lipinski definition) is 6. The lowest BCUT2D eigenvalue weighted by molar-refractivity contribution is -0.0000667. The van der Waals surface area contributed by atoms with Gasteiger partial charge in [0.2, 0.25) is 0 Å². The minimum Gasteiger partial charge on any atom is -0.445 e. The molecule has 0 spiro atoms. The van der Waals surface area contributed by atoms with E-state index in [1.165, 1.54) is 32.1 Å². The van der Waals surface area contributed by atoms with Crippen LogP contribution in [0, 0.1) is 5.92 Å². The van der Waals surface area contributed by atoms with Crippen molar-refractivity contribution in [2.45, 2.75) is 116 Å². The fourth-order valence-electron chi connectivity index (χ4n) is 5.58. The molecule has 8 heteroatoms. The third-order valence-electron chi connectivity index (χ3n) is 7.88. The van der Waals surface area contributed by atoms with Crippen molar-refractivity contribution in [3.63, 3.8) is 0 Å². The first-order valence-corrected chi connectivity index (χ1v) is 16.6. The number of hydrogen-bond donors (Lipinski definition) is 3. The van der Waals surface area contributed by atoms with Crippen LogP contribution in [0.5, 0.6) is 0 Å². The Labute approximate surface area is 265 Å². The fourth-order valence-corrected chi connectivity index (χ4v) is 5.58. The molecule has 1 saturated carbocycles. The molecule has 0 heterocycles. The average molecular weight is 610 g/mol. The lowest BCUT2D eigenvalue weighted by atomic mass is 9.83. The van der Waals surface area contributed by atoms with E-state index in [0.29, 0.717) is 25.6 Å². The van der Waals surface area contributed by atoms with Gasteiger partial charge in [0.15, 0.2) is 0 Å². The van der Waals surface area contributed by atoms with Gasteiger partial charge in [0, 0.05) is 13.1 Å². The first-order chi connectivity index (χ1) is 21.3. The molecule has 0 aromatic heterocycles. The summed E-state index contributed by atoms with van der Waals surface area (Å²) in [5.41, 5.74) is 1.53. The number of amides is 2. The molecule has 2 aromatic carbocycles. The molecule has 0 unspecified atom stereocenters. The van der Waals surface area contributed by atoms with Gasteiger partial charge in [-0.3, -0.25) is 0 Å². The van der Waals surface area contributed by atoms with E-state index < -0.39 is 5.60 Å². The molecule has 0 radical (unpaired) electrons. The van der Waals surface area contributed by atoms with Crippen LogP contribution in [0.3, 0.4) is 0 Å². The van der Waals surface area contributed by atoms with Crippen molar-refractivity contribution in [2.75, 3.05) is 19.6 Å². The first-order valence-electron chi connectivity index (χ1n) is 16.6. The van der Waals surface area contributed by atoms with E-state index in [1.807, 2.05) is 69.3 Å². The number of rotatable bonds is 18. The molecule has 3 N–H and O–H groups in total. The topological polar surface area (TPSA) is 97.9 Å². The van der Waals surface area contributed by atoms with Gasteiger partial charge in [-0.1, -0.05) is 106 Å². The zero-order valence-corrected chi connectivity index (χ0v) is 27.2. The number of unbranched alkanes of at least 4 members (excludes halogenated alkanes) is 3. The summed E-state index contributed by atoms with van der Waals surface area (Å²) >= 11 is 0. The summed E-state index contributed by atoms with van der Waals surface area (Å²) in [4.78, 5) is 24.8. The molecule has 1 fully saturated rings. The van der Waals surface area contributed by atoms with Crippen LogP contribution in [-0.4, -0.2) is 49.6 Å². The third kappa shape index (κ3) is 15.6. The lowest BCUT2D eigenvalue weighted by Crippen LogP contribution is -2.51. The molecule has 2 aromatic rings. The zero-order valence-electron chi connectivity index (χ0n) is 27.2. The van der Waals surface area contributed by atoms with Crippen LogP contribution in [0.1, 0.15) is 96.1 Å². The number of carbonyl (C=O) groups is 2. The van der Waals surface area contributed by atoms with Crippen LogP contribution >= 0.6 is 0 Å². The number of alkyl carbamates (subject to hydrolysis) is 2. The van der Waals surface area contributed by atoms with Crippen molar-refractivity contribution in [3.05, 3.63) is 71.8 Å². The summed E-state index contributed by atoms with van der Waals surface area (Å²) in [5.74, 6) is 0.579. The minimum atomic E-state index is -0.559. The van der Waals surface area contributed by atoms with Crippen molar-refractivity contribution in [1.29, 1.82) is 0 Å². The Hall–Kier alpha value is -3.10. The number of carbonyl (C=O) groups excluding carboxylic acids is 2. The van der Waals surface area contributed by atoms with E-state index in [-0.39, 0.29) is 30.9 Å². The van der Waals surface area contributed by atoms with E-state index in [4.69, 9.17) is 14.2 Å². The highest BCUT2D eigenvalue weighted by molar-refractivity contribution is 5.68. The molecule has 2 atom stereocenters. The molecule has 0 aliphatic heterocycles. The number of nitrogens with one attached hydrogen (secondary N) is 3. The zero-order chi connectivity index (χ0) is 31.5. The Morgan fingerprint density at radius 1 is 0.795 bits per heavy atom. The maximum atomic E-state index is 12.9. The second kappa shape index (κ2) is 20.0. The summed E-state index contributed by atoms with van der Waals surface area (Å²) in [6, 6.07) is 19.7. The molecular formula is C36H55N3O5. The van der Waals surface area contributed by atoms with Gasteiger partial charge in [-0.2, -0.15) is 0 Å². The van der Waals surface area contributed by atoms with Crippen LogP contribution in [0.2, 0.25) is 0 Å². The Bertz CT molecular complexity index is 1050. The molecule has 3 rings (SSSR count). The summed E-state index contributed by atoms with van der Waals surface area (Å²) in [5, 5.41) is 9.62. The SMILES string of the molecule is CC(C)(C)OC(=O)N[C@H](CC1CCCCC1)[C@H](CNCCCCCCNC(=O)OCc1ccccc1)OCc1ccccc1. The molecule has 1 aliphatic rings. The smallest absolute Gasteiger partial charge is 0.407 e. The van der Waals surface area contributed by atoms with E-state index in [0.717, 1.165) is 49.8 Å². The highest BCUT2D eigenvalue weighted by Gasteiger charge is 2.29. The standard InChI is InChI=1S/C36H55N3O5/c1-36(2,3)44-35(41)39-32(25-29-17-9-6-10-18-29)33(42-27-30-19-11-7-12-20-30)26-37-23-15-4-5-16-24-38-34(40)43-28-31-21-13-8-14-22-31/h7-8,11-14,19-22,29,32-33,37H,4-6,9-10,15-18,23-28H2,1-3H3,(H,38,40)(H,39,41)/t32-,33+/m1/s1. The minimum absolute atomic E-state index is 0.142. The van der Waals surface area contributed by atoms with Gasteiger partial charge in [-0.15, -0.1) is 0 Å². The Morgan fingerprint density at radius 3 is 2.05 bits per heavy atom. The molecule has 8 nitrogen and oxygen atoms in total. The summed E-state index contributed by atoms with van der Waals surface area (Å²) in [6.07, 6.45) is 10.2. The van der Waals surface area contributed by atoms with Crippen molar-refractivity contribution in [3.8, 4) is 0 Å². The Balaban J connectivity index is 1.43. The monoisotopic (exact) mass is 609 g/mol. The predicted molar refractivity (Wildman–Crippen MR) is 175 cm³/mol. The van der Waals surface area contributed by atoms with Gasteiger partial charge in [0.25, 0.3) is 0 Å². The van der Waals surface area contributed by atoms with Gasteiger partial charge < -0.3 is 30.2 Å². The number of ether oxygens (including phenoxy) is 3. The quantitative estimate of drug-likeness (QED) is 0.151. The highest BCUT2D eigenvalue weighted by Crippen LogP contribution is 2.29. The third-order valence-corrected chi connectivity index (χ3v) is 7.88. The molecule has 1 aliphatic carbocycles. The van der Waals surface area contributed by atoms with E-state index in [9.17, 15) is 9.59 Å². The Kier molecular flexibility index (Phi) is 16.1. The average Bonchev–Trinajstić information content (AvgIpc) is 3.01. The normalized spacial score (nSPS) is 15.2. The largest absolute Gasteiger partial charge is 0.445 e. The van der Waals surface area contributed by atoms with Gasteiger partial charge in [-0.05, 0) is 63.6 Å². The molecule has 2 amide bonds. The van der Waals surface area contributed by atoms with Crippen molar-refractivity contribution in [1.82, 2.24) is 16.0 Å². The molecule has 0 saturated heterocycles. The van der Waals surface area contributed by atoms with Gasteiger partial charge in [-0.25, -0.2) is 9.59 Å². The molecular weight excluding hydrogens is 554 g/mol. The summed E-state index contributed by atoms with van der Waals surface area (Å²) in [7, 11) is 0. The van der Waals surface area contributed by atoms with Crippen molar-refractivity contribution < 1.29 is 23.8 Å². The van der Waals surface area contributed by atoms with Crippen LogP contribution in [0.4, 0.5) is 9.59 Å². The second-order valence-electron chi connectivity index (χ2n) is 12.9. The van der Waals surface area contributed by atoms with Crippen LogP contribution in [-0.2, 0) is 27.4 Å². The summed E-state index contributed by atoms with van der Waals surface area (Å²) < 4.78 is 17.4. The van der Waals surface area contributed by atoms with E-state index in [1.54, 1.807) is 0 Å². The predicted octanol–water partition coefficient (Wildman–Crippen LogP) is 7.51. The van der Waals surface area contributed by atoms with E-state index >= 15 is 0 Å². The van der Waals surface area contributed by atoms with Crippen LogP contribution in [0.15, 0.2) is 60.7 Å². The van der Waals surface area contributed by atoms with Gasteiger partial charge in [0.05, 0.1) is 18.8 Å². The van der Waals surface area contributed by atoms with Crippen LogP contribution in [0.25, 0.3) is 0 Å². The fraction of sp³-hybridized carbons (Fsp3) is 0.611. The highest BCUT2D eigenvalue weighted by atomic mass is 16.6. The molecule has 244 valence electrons. The second-order valence-corrected chi connectivity index (χ2v) is 12.9. The van der Waals surface area contributed by atoms with Crippen molar-refractivity contribution in [2.24, 2.45) is 5.92 Å².